The molecule has 164 valence electrons. The Kier molecular flexibility index (Phi) is 6.65. The van der Waals surface area contributed by atoms with Crippen LogP contribution in [0.3, 0.4) is 0 Å². The summed E-state index contributed by atoms with van der Waals surface area (Å²) in [5.41, 5.74) is 3.69. The van der Waals surface area contributed by atoms with E-state index in [0.717, 1.165) is 11.1 Å². The van der Waals surface area contributed by atoms with E-state index in [1.54, 1.807) is 50.6 Å². The van der Waals surface area contributed by atoms with Crippen molar-refractivity contribution in [3.05, 3.63) is 130 Å². The number of hydrogen-bond donors (Lipinski definition) is 0. The van der Waals surface area contributed by atoms with Gasteiger partial charge in [0.1, 0.15) is 11.5 Å². The van der Waals surface area contributed by atoms with Crippen molar-refractivity contribution in [3.63, 3.8) is 0 Å². The quantitative estimate of drug-likeness (QED) is 0.330. The van der Waals surface area contributed by atoms with Crippen LogP contribution in [0.1, 0.15) is 43.0 Å². The van der Waals surface area contributed by atoms with Gasteiger partial charge in [-0.2, -0.15) is 0 Å². The summed E-state index contributed by atoms with van der Waals surface area (Å²) >= 11 is 0. The molecule has 0 aromatic heterocycles. The molecule has 0 heterocycles. The van der Waals surface area contributed by atoms with Crippen molar-refractivity contribution in [1.29, 1.82) is 0 Å². The fourth-order valence-corrected chi connectivity index (χ4v) is 3.98. The average Bonchev–Trinajstić information content (AvgIpc) is 2.88. The first kappa shape index (κ1) is 22.0. The third-order valence-electron chi connectivity index (χ3n) is 5.57. The van der Waals surface area contributed by atoms with Crippen molar-refractivity contribution in [1.82, 2.24) is 0 Å². The van der Waals surface area contributed by atoms with E-state index in [1.165, 1.54) is 0 Å². The van der Waals surface area contributed by atoms with E-state index in [1.807, 2.05) is 60.7 Å². The number of hydrogen-bond acceptors (Lipinski definition) is 4. The van der Waals surface area contributed by atoms with Crippen molar-refractivity contribution in [3.8, 4) is 11.5 Å². The lowest BCUT2D eigenvalue weighted by molar-refractivity contribution is 0.102. The predicted molar refractivity (Wildman–Crippen MR) is 129 cm³/mol. The average molecular weight is 437 g/mol. The second kappa shape index (κ2) is 9.96. The molecule has 0 radical (unpaired) electrons. The van der Waals surface area contributed by atoms with E-state index < -0.39 is 0 Å². The Morgan fingerprint density at radius 3 is 1.30 bits per heavy atom. The molecule has 33 heavy (non-hydrogen) atoms. The molecule has 0 atom stereocenters. The Hall–Kier alpha value is -4.18. The highest BCUT2D eigenvalue weighted by Gasteiger charge is 2.23. The van der Waals surface area contributed by atoms with Gasteiger partial charge >= 0.3 is 0 Å². The molecule has 0 N–H and O–H groups in total. The molecule has 0 spiro atoms. The summed E-state index contributed by atoms with van der Waals surface area (Å²) in [6.45, 7) is 0. The predicted octanol–water partition coefficient (Wildman–Crippen LogP) is 5.76. The van der Waals surface area contributed by atoms with Gasteiger partial charge in [-0.05, 0) is 29.7 Å². The highest BCUT2D eigenvalue weighted by atomic mass is 16.5. The molecule has 4 aromatic carbocycles. The Morgan fingerprint density at radius 1 is 0.545 bits per heavy atom. The van der Waals surface area contributed by atoms with Crippen LogP contribution in [-0.4, -0.2) is 25.8 Å². The number of carbonyl (C=O) groups excluding carboxylic acids is 2. The van der Waals surface area contributed by atoms with Gasteiger partial charge < -0.3 is 9.47 Å². The Labute approximate surface area is 193 Å². The van der Waals surface area contributed by atoms with Gasteiger partial charge in [0, 0.05) is 11.1 Å². The summed E-state index contributed by atoms with van der Waals surface area (Å²) in [5, 5.41) is 0. The van der Waals surface area contributed by atoms with Gasteiger partial charge in [-0.1, -0.05) is 84.9 Å². The lowest BCUT2D eigenvalue weighted by Gasteiger charge is -2.17. The van der Waals surface area contributed by atoms with E-state index in [9.17, 15) is 9.59 Å². The van der Waals surface area contributed by atoms with Crippen LogP contribution < -0.4 is 9.47 Å². The molecule has 0 amide bonds. The molecular weight excluding hydrogens is 412 g/mol. The summed E-state index contributed by atoms with van der Waals surface area (Å²) < 4.78 is 11.1. The topological polar surface area (TPSA) is 52.6 Å². The molecule has 0 saturated heterocycles. The van der Waals surface area contributed by atoms with Crippen molar-refractivity contribution >= 4 is 11.6 Å². The van der Waals surface area contributed by atoms with Crippen LogP contribution in [0.25, 0.3) is 0 Å². The summed E-state index contributed by atoms with van der Waals surface area (Å²) in [6.07, 6.45) is 0.371. The van der Waals surface area contributed by atoms with Crippen LogP contribution in [0.4, 0.5) is 0 Å². The Balaban J connectivity index is 1.82. The highest BCUT2D eigenvalue weighted by molar-refractivity contribution is 6.13. The molecule has 0 saturated carbocycles. The molecule has 0 bridgehead atoms. The van der Waals surface area contributed by atoms with E-state index in [2.05, 4.69) is 0 Å². The van der Waals surface area contributed by atoms with Crippen molar-refractivity contribution < 1.29 is 19.1 Å². The zero-order chi connectivity index (χ0) is 23.2. The number of ketones is 2. The fourth-order valence-electron chi connectivity index (χ4n) is 3.98. The van der Waals surface area contributed by atoms with Gasteiger partial charge in [0.25, 0.3) is 0 Å². The molecule has 4 rings (SSSR count). The number of rotatable bonds is 8. The molecule has 0 aliphatic rings. The highest BCUT2D eigenvalue weighted by Crippen LogP contribution is 2.31. The van der Waals surface area contributed by atoms with Crippen LogP contribution in [0.2, 0.25) is 0 Å². The minimum absolute atomic E-state index is 0.123. The first-order valence-electron chi connectivity index (χ1n) is 10.6. The minimum Gasteiger partial charge on any atom is -0.496 e. The van der Waals surface area contributed by atoms with Crippen LogP contribution in [-0.2, 0) is 6.42 Å². The summed E-state index contributed by atoms with van der Waals surface area (Å²) in [7, 11) is 3.10. The lowest BCUT2D eigenvalue weighted by atomic mass is 9.89. The van der Waals surface area contributed by atoms with Crippen molar-refractivity contribution in [2.45, 2.75) is 6.42 Å². The standard InChI is InChI=1S/C29H24O4/c1-32-24-17-9-15-22(26(24)28(30)20-11-5-3-6-12-20)19-23-16-10-18-25(33-2)27(23)29(31)21-13-7-4-8-14-21/h3-18H,19H2,1-2H3. The van der Waals surface area contributed by atoms with Gasteiger partial charge in [0.15, 0.2) is 11.6 Å². The third-order valence-corrected chi connectivity index (χ3v) is 5.57. The van der Waals surface area contributed by atoms with Crippen LogP contribution in [0.15, 0.2) is 97.1 Å². The summed E-state index contributed by atoms with van der Waals surface area (Å²) in [6, 6.07) is 29.3. The van der Waals surface area contributed by atoms with Crippen LogP contribution >= 0.6 is 0 Å². The van der Waals surface area contributed by atoms with E-state index in [0.29, 0.717) is 40.2 Å². The molecule has 4 aromatic rings. The largest absolute Gasteiger partial charge is 0.496 e. The molecule has 0 aliphatic carbocycles. The van der Waals surface area contributed by atoms with Crippen LogP contribution in [0, 0.1) is 0 Å². The second-order valence-electron chi connectivity index (χ2n) is 7.56. The SMILES string of the molecule is COc1cccc(Cc2cccc(OC)c2C(=O)c2ccccc2)c1C(=O)c1ccccc1. The van der Waals surface area contributed by atoms with Crippen LogP contribution in [0.5, 0.6) is 11.5 Å². The number of carbonyl (C=O) groups is 2. The van der Waals surface area contributed by atoms with Gasteiger partial charge in [-0.15, -0.1) is 0 Å². The number of benzene rings is 4. The molecular formula is C29H24O4. The van der Waals surface area contributed by atoms with Crippen molar-refractivity contribution in [2.75, 3.05) is 14.2 Å². The molecule has 4 heteroatoms. The van der Waals surface area contributed by atoms with Crippen molar-refractivity contribution in [2.24, 2.45) is 0 Å². The molecule has 4 nitrogen and oxygen atoms in total. The Bertz CT molecular complexity index is 1180. The monoisotopic (exact) mass is 436 g/mol. The van der Waals surface area contributed by atoms with E-state index in [-0.39, 0.29) is 11.6 Å². The summed E-state index contributed by atoms with van der Waals surface area (Å²) in [4.78, 5) is 26.9. The molecule has 0 aliphatic heterocycles. The normalized spacial score (nSPS) is 10.5. The fraction of sp³-hybridized carbons (Fsp3) is 0.103. The van der Waals surface area contributed by atoms with Gasteiger partial charge in [0.05, 0.1) is 25.3 Å². The van der Waals surface area contributed by atoms with Gasteiger partial charge in [-0.25, -0.2) is 0 Å². The minimum atomic E-state index is -0.123. The molecule has 0 fully saturated rings. The maximum absolute atomic E-state index is 13.4. The van der Waals surface area contributed by atoms with Gasteiger partial charge in [0.2, 0.25) is 0 Å². The van der Waals surface area contributed by atoms with Gasteiger partial charge in [-0.3, -0.25) is 9.59 Å². The second-order valence-corrected chi connectivity index (χ2v) is 7.56. The van der Waals surface area contributed by atoms with E-state index >= 15 is 0 Å². The number of ether oxygens (including phenoxy) is 2. The lowest BCUT2D eigenvalue weighted by Crippen LogP contribution is -2.11. The maximum atomic E-state index is 13.4. The number of methoxy groups -OCH3 is 2. The van der Waals surface area contributed by atoms with E-state index in [4.69, 9.17) is 9.47 Å². The Morgan fingerprint density at radius 2 is 0.939 bits per heavy atom. The zero-order valence-corrected chi connectivity index (χ0v) is 18.6. The third kappa shape index (κ3) is 4.55. The molecule has 0 unspecified atom stereocenters. The first-order valence-corrected chi connectivity index (χ1v) is 10.6. The zero-order valence-electron chi connectivity index (χ0n) is 18.6. The first-order chi connectivity index (χ1) is 16.1. The summed E-state index contributed by atoms with van der Waals surface area (Å²) in [5.74, 6) is 0.754. The smallest absolute Gasteiger partial charge is 0.197 e. The maximum Gasteiger partial charge on any atom is 0.197 e.